The van der Waals surface area contributed by atoms with Crippen molar-refractivity contribution >= 4 is 17.2 Å². The van der Waals surface area contributed by atoms with Gasteiger partial charge in [-0.05, 0) is 49.1 Å². The molecule has 0 saturated heterocycles. The van der Waals surface area contributed by atoms with Gasteiger partial charge in [-0.15, -0.1) is 11.3 Å². The number of aromatic nitrogens is 2. The van der Waals surface area contributed by atoms with Crippen molar-refractivity contribution in [1.29, 1.82) is 0 Å². The lowest BCUT2D eigenvalue weighted by molar-refractivity contribution is -0.138. The first kappa shape index (κ1) is 14.7. The monoisotopic (exact) mass is 341 g/mol. The van der Waals surface area contributed by atoms with Crippen LogP contribution in [0.25, 0.3) is 0 Å². The Hall–Kier alpha value is -1.62. The third-order valence-electron chi connectivity index (χ3n) is 6.16. The van der Waals surface area contributed by atoms with Gasteiger partial charge in [0.05, 0.1) is 29.9 Å². The first-order valence-electron chi connectivity index (χ1n) is 9.19. The lowest BCUT2D eigenvalue weighted by Crippen LogP contribution is -2.48. The first-order valence-corrected chi connectivity index (χ1v) is 10.1. The Morgan fingerprint density at radius 2 is 2.04 bits per heavy atom. The minimum atomic E-state index is -0.250. The number of aryl methyl sites for hydroxylation is 1. The number of hydrogen-bond acceptors (Lipinski definition) is 3. The van der Waals surface area contributed by atoms with Gasteiger partial charge in [0.15, 0.2) is 0 Å². The summed E-state index contributed by atoms with van der Waals surface area (Å²) in [5.74, 6) is 0.363. The molecule has 1 amide bonds. The van der Waals surface area contributed by atoms with Crippen LogP contribution in [0.1, 0.15) is 53.9 Å². The summed E-state index contributed by atoms with van der Waals surface area (Å²) in [6.45, 7) is 2.42. The van der Waals surface area contributed by atoms with Crippen molar-refractivity contribution < 1.29 is 4.79 Å². The van der Waals surface area contributed by atoms with Crippen molar-refractivity contribution in [2.75, 3.05) is 6.54 Å². The quantitative estimate of drug-likeness (QED) is 0.841. The molecule has 5 rings (SSSR count). The summed E-state index contributed by atoms with van der Waals surface area (Å²) in [4.78, 5) is 17.0. The SMILES string of the molecule is O=C(N1CCn2nc3c(c2C1)CCC3)C1(c2cccs2)CCCC1. The van der Waals surface area contributed by atoms with Gasteiger partial charge in [0.2, 0.25) is 5.91 Å². The van der Waals surface area contributed by atoms with Gasteiger partial charge >= 0.3 is 0 Å². The van der Waals surface area contributed by atoms with Crippen molar-refractivity contribution in [3.8, 4) is 0 Å². The van der Waals surface area contributed by atoms with Crippen molar-refractivity contribution in [2.45, 2.75) is 63.5 Å². The lowest BCUT2D eigenvalue weighted by atomic mass is 9.82. The van der Waals surface area contributed by atoms with Crippen LogP contribution < -0.4 is 0 Å². The highest BCUT2D eigenvalue weighted by Crippen LogP contribution is 2.45. The molecular weight excluding hydrogens is 318 g/mol. The molecule has 5 heteroatoms. The second-order valence-corrected chi connectivity index (χ2v) is 8.39. The number of hydrogen-bond donors (Lipinski definition) is 0. The number of carbonyl (C=O) groups is 1. The molecule has 2 aliphatic carbocycles. The molecule has 0 bridgehead atoms. The van der Waals surface area contributed by atoms with E-state index < -0.39 is 0 Å². The molecule has 1 saturated carbocycles. The Bertz CT molecular complexity index is 771. The van der Waals surface area contributed by atoms with Crippen molar-refractivity contribution in [3.05, 3.63) is 39.3 Å². The van der Waals surface area contributed by atoms with E-state index in [1.165, 1.54) is 41.1 Å². The summed E-state index contributed by atoms with van der Waals surface area (Å²) < 4.78 is 2.17. The molecule has 1 aliphatic heterocycles. The van der Waals surface area contributed by atoms with Crippen LogP contribution in [0.3, 0.4) is 0 Å². The minimum absolute atomic E-state index is 0.250. The maximum absolute atomic E-state index is 13.6. The number of fused-ring (bicyclic) bond motifs is 3. The predicted octanol–water partition coefficient (Wildman–Crippen LogP) is 3.29. The molecule has 2 aromatic rings. The predicted molar refractivity (Wildman–Crippen MR) is 94.1 cm³/mol. The van der Waals surface area contributed by atoms with Crippen molar-refractivity contribution in [2.24, 2.45) is 0 Å². The molecule has 0 aromatic carbocycles. The molecule has 4 nitrogen and oxygen atoms in total. The fourth-order valence-corrected chi connectivity index (χ4v) is 5.90. The smallest absolute Gasteiger partial charge is 0.234 e. The van der Waals surface area contributed by atoms with Crippen LogP contribution in [0, 0.1) is 0 Å². The first-order chi connectivity index (χ1) is 11.8. The Morgan fingerprint density at radius 3 is 2.83 bits per heavy atom. The van der Waals surface area contributed by atoms with E-state index in [1.54, 1.807) is 11.3 Å². The van der Waals surface area contributed by atoms with Crippen LogP contribution in [0.15, 0.2) is 17.5 Å². The molecule has 0 unspecified atom stereocenters. The van der Waals surface area contributed by atoms with E-state index >= 15 is 0 Å². The number of nitrogens with zero attached hydrogens (tertiary/aromatic N) is 3. The number of thiophene rings is 1. The molecule has 3 aliphatic rings. The molecule has 3 heterocycles. The normalized spacial score (nSPS) is 21.8. The summed E-state index contributed by atoms with van der Waals surface area (Å²) >= 11 is 1.75. The standard InChI is InChI=1S/C19H23N3OS/c23-18(19(8-1-2-9-19)17-7-4-12-24-17)21-10-11-22-16(13-21)14-5-3-6-15(14)20-22/h4,7,12H,1-3,5-6,8-11,13H2. The van der Waals surface area contributed by atoms with Crippen LogP contribution in [0.5, 0.6) is 0 Å². The highest BCUT2D eigenvalue weighted by Gasteiger charge is 2.46. The fraction of sp³-hybridized carbons (Fsp3) is 0.579. The van der Waals surface area contributed by atoms with Crippen molar-refractivity contribution in [3.63, 3.8) is 0 Å². The van der Waals surface area contributed by atoms with Gasteiger partial charge in [0, 0.05) is 11.4 Å². The maximum atomic E-state index is 13.6. The zero-order valence-electron chi connectivity index (χ0n) is 14.0. The lowest BCUT2D eigenvalue weighted by Gasteiger charge is -2.36. The van der Waals surface area contributed by atoms with Gasteiger partial charge in [-0.25, -0.2) is 0 Å². The number of amides is 1. The van der Waals surface area contributed by atoms with Crippen LogP contribution in [0.4, 0.5) is 0 Å². The summed E-state index contributed by atoms with van der Waals surface area (Å²) in [5, 5.41) is 6.88. The molecule has 0 N–H and O–H groups in total. The van der Waals surface area contributed by atoms with E-state index in [-0.39, 0.29) is 5.41 Å². The number of rotatable bonds is 2. The highest BCUT2D eigenvalue weighted by molar-refractivity contribution is 7.10. The fourth-order valence-electron chi connectivity index (χ4n) is 4.92. The van der Waals surface area contributed by atoms with E-state index in [2.05, 4.69) is 27.1 Å². The molecule has 0 spiro atoms. The van der Waals surface area contributed by atoms with E-state index in [0.717, 1.165) is 45.3 Å². The molecule has 0 radical (unpaired) electrons. The van der Waals surface area contributed by atoms with Gasteiger partial charge in [0.25, 0.3) is 0 Å². The third kappa shape index (κ3) is 2.03. The molecular formula is C19H23N3OS. The van der Waals surface area contributed by atoms with Crippen molar-refractivity contribution in [1.82, 2.24) is 14.7 Å². The maximum Gasteiger partial charge on any atom is 0.234 e. The molecule has 2 aromatic heterocycles. The Kier molecular flexibility index (Phi) is 3.34. The minimum Gasteiger partial charge on any atom is -0.334 e. The topological polar surface area (TPSA) is 38.1 Å². The van der Waals surface area contributed by atoms with Crippen LogP contribution in [0.2, 0.25) is 0 Å². The zero-order chi connectivity index (χ0) is 16.1. The molecule has 1 fully saturated rings. The van der Waals surface area contributed by atoms with E-state index in [4.69, 9.17) is 5.10 Å². The summed E-state index contributed by atoms with van der Waals surface area (Å²) in [5.41, 5.74) is 3.78. The van der Waals surface area contributed by atoms with Gasteiger partial charge in [-0.1, -0.05) is 18.9 Å². The van der Waals surface area contributed by atoms with E-state index in [9.17, 15) is 4.79 Å². The summed E-state index contributed by atoms with van der Waals surface area (Å²) in [6, 6.07) is 4.26. The molecule has 126 valence electrons. The molecule has 0 atom stereocenters. The Labute approximate surface area is 146 Å². The second-order valence-electron chi connectivity index (χ2n) is 7.44. The summed E-state index contributed by atoms with van der Waals surface area (Å²) in [7, 11) is 0. The average Bonchev–Trinajstić information content (AvgIpc) is 3.37. The van der Waals surface area contributed by atoms with Crippen LogP contribution in [-0.4, -0.2) is 27.1 Å². The Morgan fingerprint density at radius 1 is 1.17 bits per heavy atom. The molecule has 24 heavy (non-hydrogen) atoms. The third-order valence-corrected chi connectivity index (χ3v) is 7.23. The van der Waals surface area contributed by atoms with E-state index in [0.29, 0.717) is 5.91 Å². The van der Waals surface area contributed by atoms with E-state index in [1.807, 2.05) is 0 Å². The zero-order valence-corrected chi connectivity index (χ0v) is 14.8. The van der Waals surface area contributed by atoms with Crippen LogP contribution in [-0.2, 0) is 36.1 Å². The van der Waals surface area contributed by atoms with Gasteiger partial charge in [-0.3, -0.25) is 9.48 Å². The van der Waals surface area contributed by atoms with Gasteiger partial charge in [0.1, 0.15) is 0 Å². The van der Waals surface area contributed by atoms with Crippen LogP contribution >= 0.6 is 11.3 Å². The summed E-state index contributed by atoms with van der Waals surface area (Å²) in [6.07, 6.45) is 7.85. The Balaban J connectivity index is 1.47. The number of carbonyl (C=O) groups excluding carboxylic acids is 1. The average molecular weight is 341 g/mol. The second kappa shape index (κ2) is 5.45. The largest absolute Gasteiger partial charge is 0.334 e. The van der Waals surface area contributed by atoms with Gasteiger partial charge in [-0.2, -0.15) is 5.10 Å². The van der Waals surface area contributed by atoms with Gasteiger partial charge < -0.3 is 4.90 Å². The highest BCUT2D eigenvalue weighted by atomic mass is 32.1.